The zero-order valence-electron chi connectivity index (χ0n) is 12.8. The van der Waals surface area contributed by atoms with E-state index in [-0.39, 0.29) is 24.4 Å². The van der Waals surface area contributed by atoms with Gasteiger partial charge in [-0.3, -0.25) is 9.59 Å². The maximum atomic E-state index is 12.3. The number of nitrogens with zero attached hydrogens (tertiary/aromatic N) is 4. The van der Waals surface area contributed by atoms with E-state index in [2.05, 4.69) is 10.2 Å². The van der Waals surface area contributed by atoms with Gasteiger partial charge >= 0.3 is 0 Å². The van der Waals surface area contributed by atoms with Gasteiger partial charge < -0.3 is 14.2 Å². The third-order valence-corrected chi connectivity index (χ3v) is 3.81. The first-order chi connectivity index (χ1) is 10.0. The van der Waals surface area contributed by atoms with Crippen LogP contribution in [0.3, 0.4) is 0 Å². The van der Waals surface area contributed by atoms with Crippen LogP contribution in [0.5, 0.6) is 0 Å². The van der Waals surface area contributed by atoms with E-state index in [0.717, 1.165) is 6.42 Å². The summed E-state index contributed by atoms with van der Waals surface area (Å²) in [6.45, 7) is 6.76. The molecule has 0 spiro atoms. The van der Waals surface area contributed by atoms with Gasteiger partial charge in [0.1, 0.15) is 6.54 Å². The molecule has 0 unspecified atom stereocenters. The van der Waals surface area contributed by atoms with Crippen molar-refractivity contribution in [3.05, 3.63) is 11.8 Å². The quantitative estimate of drug-likeness (QED) is 0.781. The first-order valence-electron chi connectivity index (χ1n) is 7.43. The Bertz CT molecular complexity index is 514. The van der Waals surface area contributed by atoms with Crippen molar-refractivity contribution in [2.75, 3.05) is 13.1 Å². The monoisotopic (exact) mass is 294 g/mol. The Morgan fingerprint density at radius 3 is 2.62 bits per heavy atom. The zero-order valence-corrected chi connectivity index (χ0v) is 12.8. The number of likely N-dealkylation sites (tertiary alicyclic amines) is 1. The lowest BCUT2D eigenvalue weighted by Crippen LogP contribution is -2.42. The van der Waals surface area contributed by atoms with Gasteiger partial charge in [0.15, 0.2) is 0 Å². The van der Waals surface area contributed by atoms with E-state index in [4.69, 9.17) is 4.42 Å². The summed E-state index contributed by atoms with van der Waals surface area (Å²) < 4.78 is 5.43. The Morgan fingerprint density at radius 1 is 1.38 bits per heavy atom. The summed E-state index contributed by atoms with van der Waals surface area (Å²) in [7, 11) is 0. The van der Waals surface area contributed by atoms with E-state index < -0.39 is 0 Å². The normalized spacial score (nSPS) is 18.3. The van der Waals surface area contributed by atoms with Crippen LogP contribution in [0.2, 0.25) is 0 Å². The van der Waals surface area contributed by atoms with Crippen LogP contribution in [0.4, 0.5) is 0 Å². The van der Waals surface area contributed by atoms with E-state index in [1.807, 2.05) is 20.8 Å². The van der Waals surface area contributed by atoms with E-state index in [9.17, 15) is 9.59 Å². The van der Waals surface area contributed by atoms with Gasteiger partial charge in [0.05, 0.1) is 6.54 Å². The van der Waals surface area contributed by atoms with Crippen molar-refractivity contribution in [2.24, 2.45) is 0 Å². The van der Waals surface area contributed by atoms with Gasteiger partial charge in [-0.1, -0.05) is 6.92 Å². The van der Waals surface area contributed by atoms with Gasteiger partial charge in [-0.25, -0.2) is 0 Å². The molecule has 0 saturated carbocycles. The molecule has 1 saturated heterocycles. The van der Waals surface area contributed by atoms with Crippen molar-refractivity contribution in [3.63, 3.8) is 0 Å². The molecule has 2 amide bonds. The van der Waals surface area contributed by atoms with Crippen LogP contribution in [-0.2, 0) is 22.6 Å². The highest BCUT2D eigenvalue weighted by Crippen LogP contribution is 2.18. The highest BCUT2D eigenvalue weighted by atomic mass is 16.4. The number of aryl methyl sites for hydroxylation is 1. The summed E-state index contributed by atoms with van der Waals surface area (Å²) in [5.74, 6) is 0.966. The molecule has 7 nitrogen and oxygen atoms in total. The molecule has 0 bridgehead atoms. The number of carbonyl (C=O) groups excluding carboxylic acids is 2. The number of hydrogen-bond donors (Lipinski definition) is 0. The van der Waals surface area contributed by atoms with Gasteiger partial charge in [0.2, 0.25) is 23.6 Å². The summed E-state index contributed by atoms with van der Waals surface area (Å²) in [5, 5.41) is 7.82. The lowest BCUT2D eigenvalue weighted by Gasteiger charge is -2.25. The molecule has 1 aromatic heterocycles. The molecule has 1 aliphatic heterocycles. The fourth-order valence-electron chi connectivity index (χ4n) is 2.40. The van der Waals surface area contributed by atoms with Crippen LogP contribution in [0.15, 0.2) is 4.42 Å². The highest BCUT2D eigenvalue weighted by Gasteiger charge is 2.30. The maximum Gasteiger partial charge on any atom is 0.242 e. The van der Waals surface area contributed by atoms with Gasteiger partial charge in [-0.05, 0) is 20.3 Å². The number of rotatable bonds is 6. The Balaban J connectivity index is 1.96. The molecule has 0 N–H and O–H groups in total. The molecular formula is C14H22N4O3. The molecule has 116 valence electrons. The minimum Gasteiger partial charge on any atom is -0.423 e. The lowest BCUT2D eigenvalue weighted by molar-refractivity contribution is -0.139. The highest BCUT2D eigenvalue weighted by molar-refractivity contribution is 5.86. The fourth-order valence-corrected chi connectivity index (χ4v) is 2.40. The maximum absolute atomic E-state index is 12.3. The fraction of sp³-hybridized carbons (Fsp3) is 0.714. The second kappa shape index (κ2) is 6.69. The molecule has 1 fully saturated rings. The Kier molecular flexibility index (Phi) is 4.93. The molecule has 2 heterocycles. The molecule has 21 heavy (non-hydrogen) atoms. The first kappa shape index (κ1) is 15.5. The number of carbonyl (C=O) groups is 2. The average Bonchev–Trinajstić information content (AvgIpc) is 3.06. The molecule has 0 aromatic carbocycles. The third kappa shape index (κ3) is 3.59. The van der Waals surface area contributed by atoms with E-state index >= 15 is 0 Å². The minimum atomic E-state index is -0.0872. The smallest absolute Gasteiger partial charge is 0.242 e. The largest absolute Gasteiger partial charge is 0.423 e. The van der Waals surface area contributed by atoms with E-state index in [1.165, 1.54) is 0 Å². The topological polar surface area (TPSA) is 79.5 Å². The van der Waals surface area contributed by atoms with Gasteiger partial charge in [-0.2, -0.15) is 0 Å². The molecular weight excluding hydrogens is 272 g/mol. The molecule has 0 aliphatic carbocycles. The molecule has 1 aromatic rings. The third-order valence-electron chi connectivity index (χ3n) is 3.81. The summed E-state index contributed by atoms with van der Waals surface area (Å²) in [6.07, 6.45) is 2.03. The second-order valence-corrected chi connectivity index (χ2v) is 5.26. The zero-order chi connectivity index (χ0) is 15.4. The van der Waals surface area contributed by atoms with Gasteiger partial charge in [-0.15, -0.1) is 10.2 Å². The Hall–Kier alpha value is -1.92. The van der Waals surface area contributed by atoms with Crippen LogP contribution >= 0.6 is 0 Å². The van der Waals surface area contributed by atoms with Crippen LogP contribution < -0.4 is 0 Å². The van der Waals surface area contributed by atoms with Crippen molar-refractivity contribution < 1.29 is 14.0 Å². The molecule has 1 atom stereocenters. The summed E-state index contributed by atoms with van der Waals surface area (Å²) in [6, 6.07) is 0.134. The second-order valence-electron chi connectivity index (χ2n) is 5.26. The number of amides is 2. The Labute approximate surface area is 124 Å². The van der Waals surface area contributed by atoms with E-state index in [1.54, 1.807) is 9.80 Å². The van der Waals surface area contributed by atoms with Crippen LogP contribution in [-0.4, -0.2) is 50.9 Å². The van der Waals surface area contributed by atoms with Crippen molar-refractivity contribution in [1.82, 2.24) is 20.0 Å². The predicted molar refractivity (Wildman–Crippen MR) is 75.2 cm³/mol. The molecule has 7 heteroatoms. The van der Waals surface area contributed by atoms with Crippen LogP contribution in [0.1, 0.15) is 45.4 Å². The average molecular weight is 294 g/mol. The van der Waals surface area contributed by atoms with E-state index in [0.29, 0.717) is 37.7 Å². The van der Waals surface area contributed by atoms with Gasteiger partial charge in [0.25, 0.3) is 0 Å². The number of likely N-dealkylation sites (N-methyl/N-ethyl adjacent to an activating group) is 1. The standard InChI is InChI=1S/C14H22N4O3/c1-4-11-15-16-12(21-11)8-17(5-2)14(20)9-18-10(3)6-7-13(18)19/h10H,4-9H2,1-3H3/t10-/m1/s1. The molecule has 0 radical (unpaired) electrons. The van der Waals surface area contributed by atoms with Crippen molar-refractivity contribution >= 4 is 11.8 Å². The van der Waals surface area contributed by atoms with Gasteiger partial charge in [0, 0.05) is 25.4 Å². The number of aromatic nitrogens is 2. The summed E-state index contributed by atoms with van der Waals surface area (Å²) >= 11 is 0. The molecule has 2 rings (SSSR count). The van der Waals surface area contributed by atoms with Crippen LogP contribution in [0.25, 0.3) is 0 Å². The summed E-state index contributed by atoms with van der Waals surface area (Å²) in [4.78, 5) is 27.4. The van der Waals surface area contributed by atoms with Crippen molar-refractivity contribution in [2.45, 2.75) is 52.6 Å². The van der Waals surface area contributed by atoms with Crippen LogP contribution in [0, 0.1) is 0 Å². The molecule has 1 aliphatic rings. The number of hydrogen-bond acceptors (Lipinski definition) is 5. The minimum absolute atomic E-state index is 0.0537. The lowest BCUT2D eigenvalue weighted by atomic mass is 10.2. The summed E-state index contributed by atoms with van der Waals surface area (Å²) in [5.41, 5.74) is 0. The predicted octanol–water partition coefficient (Wildman–Crippen LogP) is 0.991. The Morgan fingerprint density at radius 2 is 2.10 bits per heavy atom. The SMILES string of the molecule is CCc1nnc(CN(CC)C(=O)CN2C(=O)CC[C@H]2C)o1. The first-order valence-corrected chi connectivity index (χ1v) is 7.43. The van der Waals surface area contributed by atoms with Crippen molar-refractivity contribution in [1.29, 1.82) is 0 Å². The van der Waals surface area contributed by atoms with Crippen molar-refractivity contribution in [3.8, 4) is 0 Å².